The van der Waals surface area contributed by atoms with Gasteiger partial charge in [-0.1, -0.05) is 17.7 Å². The first-order valence-electron chi connectivity index (χ1n) is 4.92. The number of halogens is 2. The fraction of sp³-hybridized carbons (Fsp3) is 0.0909. The maximum Gasteiger partial charge on any atom is 0.335 e. The first-order valence-corrected chi connectivity index (χ1v) is 5.30. The van der Waals surface area contributed by atoms with E-state index in [0.717, 1.165) is 5.56 Å². The maximum atomic E-state index is 13.3. The van der Waals surface area contributed by atoms with Crippen LogP contribution in [0.2, 0.25) is 5.02 Å². The number of nitrogens with one attached hydrogen (secondary N) is 1. The van der Waals surface area contributed by atoms with Crippen molar-refractivity contribution < 1.29 is 9.50 Å². The second-order valence-electron chi connectivity index (χ2n) is 3.67. The van der Waals surface area contributed by atoms with Gasteiger partial charge in [-0.15, -0.1) is 0 Å². The van der Waals surface area contributed by atoms with Gasteiger partial charge in [0.1, 0.15) is 0 Å². The first-order chi connectivity index (χ1) is 8.41. The Morgan fingerprint density at radius 1 is 1.39 bits per heavy atom. The van der Waals surface area contributed by atoms with Crippen LogP contribution in [0.4, 0.5) is 4.39 Å². The molecule has 7 heteroatoms. The van der Waals surface area contributed by atoms with Crippen LogP contribution in [-0.2, 0) is 0 Å². The van der Waals surface area contributed by atoms with Crippen LogP contribution in [-0.4, -0.2) is 14.7 Å². The van der Waals surface area contributed by atoms with Gasteiger partial charge >= 0.3 is 5.69 Å². The summed E-state index contributed by atoms with van der Waals surface area (Å²) in [5.41, 5.74) is -1.30. The largest absolute Gasteiger partial charge is 0.492 e. The number of aromatic amines is 1. The highest BCUT2D eigenvalue weighted by Gasteiger charge is 2.15. The Hall–Kier alpha value is -2.08. The van der Waals surface area contributed by atoms with Gasteiger partial charge in [0.2, 0.25) is 11.7 Å². The summed E-state index contributed by atoms with van der Waals surface area (Å²) in [6.45, 7) is 1.75. The quantitative estimate of drug-likeness (QED) is 0.821. The van der Waals surface area contributed by atoms with Crippen LogP contribution in [0, 0.1) is 12.7 Å². The topological polar surface area (TPSA) is 75.1 Å². The predicted molar refractivity (Wildman–Crippen MR) is 64.0 cm³/mol. The highest BCUT2D eigenvalue weighted by Crippen LogP contribution is 2.21. The molecule has 1 aromatic heterocycles. The number of benzene rings is 1. The molecular formula is C11H8ClFN2O3. The highest BCUT2D eigenvalue weighted by atomic mass is 35.5. The van der Waals surface area contributed by atoms with Crippen molar-refractivity contribution in [2.45, 2.75) is 6.92 Å². The molecule has 0 atom stereocenters. The van der Waals surface area contributed by atoms with Crippen LogP contribution in [0.25, 0.3) is 5.69 Å². The first kappa shape index (κ1) is 12.4. The minimum atomic E-state index is -1.42. The predicted octanol–water partition coefficient (Wildman–Crippen LogP) is 1.33. The van der Waals surface area contributed by atoms with Crippen LogP contribution in [0.3, 0.4) is 0 Å². The average molecular weight is 271 g/mol. The van der Waals surface area contributed by atoms with E-state index in [1.54, 1.807) is 18.0 Å². The lowest BCUT2D eigenvalue weighted by atomic mass is 10.2. The van der Waals surface area contributed by atoms with Gasteiger partial charge in [0.25, 0.3) is 5.56 Å². The number of aromatic nitrogens is 2. The molecule has 0 saturated heterocycles. The molecule has 0 radical (unpaired) electrons. The summed E-state index contributed by atoms with van der Waals surface area (Å²) in [4.78, 5) is 24.2. The van der Waals surface area contributed by atoms with E-state index in [4.69, 9.17) is 11.6 Å². The van der Waals surface area contributed by atoms with E-state index in [1.165, 1.54) is 12.1 Å². The van der Waals surface area contributed by atoms with Crippen LogP contribution >= 0.6 is 11.6 Å². The summed E-state index contributed by atoms with van der Waals surface area (Å²) in [5.74, 6) is -2.48. The van der Waals surface area contributed by atoms with Gasteiger partial charge < -0.3 is 5.11 Å². The fourth-order valence-electron chi connectivity index (χ4n) is 1.46. The highest BCUT2D eigenvalue weighted by molar-refractivity contribution is 6.31. The molecule has 0 amide bonds. The summed E-state index contributed by atoms with van der Waals surface area (Å²) in [6, 6.07) is 4.46. The third kappa shape index (κ3) is 1.91. The van der Waals surface area contributed by atoms with Crippen molar-refractivity contribution in [3.63, 3.8) is 0 Å². The van der Waals surface area contributed by atoms with E-state index >= 15 is 0 Å². The number of aryl methyl sites for hydroxylation is 1. The normalized spacial score (nSPS) is 10.6. The van der Waals surface area contributed by atoms with E-state index in [-0.39, 0.29) is 5.69 Å². The van der Waals surface area contributed by atoms with Gasteiger partial charge in [0, 0.05) is 5.02 Å². The molecule has 94 valence electrons. The van der Waals surface area contributed by atoms with Crippen LogP contribution < -0.4 is 11.2 Å². The Bertz CT molecular complexity index is 736. The molecule has 2 rings (SSSR count). The van der Waals surface area contributed by atoms with Crippen molar-refractivity contribution in [3.8, 4) is 11.6 Å². The zero-order valence-corrected chi connectivity index (χ0v) is 9.95. The van der Waals surface area contributed by atoms with E-state index in [1.807, 2.05) is 0 Å². The van der Waals surface area contributed by atoms with Gasteiger partial charge in [0.05, 0.1) is 5.69 Å². The monoisotopic (exact) mass is 270 g/mol. The Balaban J connectivity index is 2.79. The molecule has 5 nitrogen and oxygen atoms in total. The molecule has 2 aromatic rings. The zero-order chi connectivity index (χ0) is 13.4. The molecule has 2 N–H and O–H groups in total. The van der Waals surface area contributed by atoms with Crippen molar-refractivity contribution in [1.29, 1.82) is 0 Å². The summed E-state index contributed by atoms with van der Waals surface area (Å²) < 4.78 is 13.9. The van der Waals surface area contributed by atoms with Crippen LogP contribution in [0.15, 0.2) is 27.8 Å². The van der Waals surface area contributed by atoms with Crippen LogP contribution in [0.5, 0.6) is 5.88 Å². The molecule has 0 aliphatic heterocycles. The van der Waals surface area contributed by atoms with Crippen molar-refractivity contribution in [2.24, 2.45) is 0 Å². The summed E-state index contributed by atoms with van der Waals surface area (Å²) in [6.07, 6.45) is 0. The molecule has 0 saturated carbocycles. The minimum absolute atomic E-state index is 0.156. The van der Waals surface area contributed by atoms with E-state index in [0.29, 0.717) is 9.59 Å². The number of H-pyrrole nitrogens is 1. The SMILES string of the molecule is Cc1ccc(-n2c(O)c(F)c(=O)[nH]c2=O)cc1Cl. The van der Waals surface area contributed by atoms with Crippen molar-refractivity contribution in [2.75, 3.05) is 0 Å². The van der Waals surface area contributed by atoms with Gasteiger partial charge in [-0.3, -0.25) is 9.78 Å². The van der Waals surface area contributed by atoms with Crippen LogP contribution in [0.1, 0.15) is 5.56 Å². The van der Waals surface area contributed by atoms with Crippen molar-refractivity contribution in [3.05, 3.63) is 55.4 Å². The van der Waals surface area contributed by atoms with Gasteiger partial charge in [0.15, 0.2) is 0 Å². The molecule has 18 heavy (non-hydrogen) atoms. The van der Waals surface area contributed by atoms with Gasteiger partial charge in [-0.25, -0.2) is 9.36 Å². The van der Waals surface area contributed by atoms with Crippen molar-refractivity contribution in [1.82, 2.24) is 9.55 Å². The number of aromatic hydroxyl groups is 1. The Labute approximate surface area is 105 Å². The molecule has 0 bridgehead atoms. The third-order valence-electron chi connectivity index (χ3n) is 2.44. The van der Waals surface area contributed by atoms with Gasteiger partial charge in [-0.2, -0.15) is 4.39 Å². The Morgan fingerprint density at radius 2 is 2.06 bits per heavy atom. The maximum absolute atomic E-state index is 13.3. The number of rotatable bonds is 1. The molecule has 1 heterocycles. The molecule has 0 aliphatic carbocycles. The Morgan fingerprint density at radius 3 is 2.67 bits per heavy atom. The molecule has 0 spiro atoms. The zero-order valence-electron chi connectivity index (χ0n) is 9.20. The van der Waals surface area contributed by atoms with Gasteiger partial charge in [-0.05, 0) is 24.6 Å². The second kappa shape index (κ2) is 4.30. The van der Waals surface area contributed by atoms with Crippen molar-refractivity contribution >= 4 is 11.6 Å². The third-order valence-corrected chi connectivity index (χ3v) is 2.85. The number of hydrogen-bond acceptors (Lipinski definition) is 3. The van der Waals surface area contributed by atoms with E-state index < -0.39 is 22.9 Å². The molecule has 0 unspecified atom stereocenters. The molecular weight excluding hydrogens is 263 g/mol. The lowest BCUT2D eigenvalue weighted by Crippen LogP contribution is -2.30. The molecule has 0 aliphatic rings. The van der Waals surface area contributed by atoms with E-state index in [2.05, 4.69) is 0 Å². The summed E-state index contributed by atoms with van der Waals surface area (Å²) in [7, 11) is 0. The smallest absolute Gasteiger partial charge is 0.335 e. The fourth-order valence-corrected chi connectivity index (χ4v) is 1.64. The van der Waals surface area contributed by atoms with E-state index in [9.17, 15) is 19.1 Å². The number of hydrogen-bond donors (Lipinski definition) is 2. The summed E-state index contributed by atoms with van der Waals surface area (Å²) in [5, 5.41) is 9.85. The minimum Gasteiger partial charge on any atom is -0.492 e. The standard InChI is InChI=1S/C11H8ClFN2O3/c1-5-2-3-6(4-7(5)12)15-10(17)8(13)9(16)14-11(15)18/h2-4,17H,1H3,(H,14,16,18). The number of nitrogens with zero attached hydrogens (tertiary/aromatic N) is 1. The Kier molecular flexibility index (Phi) is 2.96. The lowest BCUT2D eigenvalue weighted by molar-refractivity contribution is 0.386. The molecule has 1 aromatic carbocycles. The average Bonchev–Trinajstić information content (AvgIpc) is 2.31. The lowest BCUT2D eigenvalue weighted by Gasteiger charge is -2.09. The summed E-state index contributed by atoms with van der Waals surface area (Å²) >= 11 is 5.88. The molecule has 0 fully saturated rings. The second-order valence-corrected chi connectivity index (χ2v) is 4.07.